The Hall–Kier alpha value is -1.14. The number of rotatable bonds is 4. The van der Waals surface area contributed by atoms with Crippen molar-refractivity contribution in [1.82, 2.24) is 10.6 Å². The van der Waals surface area contributed by atoms with Crippen LogP contribution in [0, 0.1) is 0 Å². The molecule has 4 N–H and O–H groups in total. The van der Waals surface area contributed by atoms with Gasteiger partial charge in [-0.25, -0.2) is 4.79 Å². The Kier molecular flexibility index (Phi) is 4.89. The third-order valence-corrected chi connectivity index (χ3v) is 3.05. The van der Waals surface area contributed by atoms with E-state index in [-0.39, 0.29) is 5.54 Å². The van der Waals surface area contributed by atoms with E-state index in [4.69, 9.17) is 10.5 Å². The molecule has 1 aliphatic rings. The number of amides is 3. The van der Waals surface area contributed by atoms with Gasteiger partial charge < -0.3 is 15.8 Å². The van der Waals surface area contributed by atoms with Crippen LogP contribution in [-0.2, 0) is 9.53 Å². The van der Waals surface area contributed by atoms with Gasteiger partial charge in [-0.3, -0.25) is 10.1 Å². The highest BCUT2D eigenvalue weighted by molar-refractivity contribution is 5.96. The van der Waals surface area contributed by atoms with Crippen LogP contribution in [0.3, 0.4) is 0 Å². The van der Waals surface area contributed by atoms with E-state index < -0.39 is 18.0 Å². The second-order valence-corrected chi connectivity index (χ2v) is 4.59. The molecule has 1 unspecified atom stereocenters. The first kappa shape index (κ1) is 13.9. The van der Waals surface area contributed by atoms with Crippen LogP contribution >= 0.6 is 0 Å². The Bertz CT molecular complexity index is 288. The zero-order valence-corrected chi connectivity index (χ0v) is 10.4. The van der Waals surface area contributed by atoms with E-state index in [1.165, 1.54) is 7.05 Å². The Morgan fingerprint density at radius 1 is 1.41 bits per heavy atom. The van der Waals surface area contributed by atoms with E-state index >= 15 is 0 Å². The minimum atomic E-state index is -0.673. The van der Waals surface area contributed by atoms with E-state index in [9.17, 15) is 9.59 Å². The molecular formula is C11H21N3O3. The van der Waals surface area contributed by atoms with Gasteiger partial charge in [0.15, 0.2) is 0 Å². The van der Waals surface area contributed by atoms with E-state index in [0.717, 1.165) is 25.7 Å². The molecule has 0 aliphatic heterocycles. The van der Waals surface area contributed by atoms with Crippen LogP contribution in [-0.4, -0.2) is 37.2 Å². The number of hydrogen-bond acceptors (Lipinski definition) is 4. The van der Waals surface area contributed by atoms with E-state index in [0.29, 0.717) is 6.61 Å². The molecule has 0 bridgehead atoms. The first-order valence-corrected chi connectivity index (χ1v) is 5.90. The van der Waals surface area contributed by atoms with Crippen molar-refractivity contribution in [2.24, 2.45) is 5.73 Å². The molecule has 3 amide bonds. The molecule has 1 rings (SSSR count). The quantitative estimate of drug-likeness (QED) is 0.653. The normalized spacial score (nSPS) is 19.7. The molecule has 98 valence electrons. The zero-order chi connectivity index (χ0) is 12.9. The topological polar surface area (TPSA) is 93.5 Å². The van der Waals surface area contributed by atoms with Crippen molar-refractivity contribution >= 4 is 11.9 Å². The molecule has 1 fully saturated rings. The smallest absolute Gasteiger partial charge is 0.321 e. The van der Waals surface area contributed by atoms with Crippen LogP contribution in [0.2, 0.25) is 0 Å². The van der Waals surface area contributed by atoms with Crippen LogP contribution in [0.25, 0.3) is 0 Å². The minimum absolute atomic E-state index is 0.304. The minimum Gasteiger partial charge on any atom is -0.367 e. The van der Waals surface area contributed by atoms with Crippen molar-refractivity contribution in [3.05, 3.63) is 0 Å². The predicted molar refractivity (Wildman–Crippen MR) is 63.4 cm³/mol. The summed E-state index contributed by atoms with van der Waals surface area (Å²) < 4.78 is 5.42. The van der Waals surface area contributed by atoms with Crippen LogP contribution in [0.4, 0.5) is 4.79 Å². The molecule has 1 aliphatic carbocycles. The highest BCUT2D eigenvalue weighted by Crippen LogP contribution is 2.27. The summed E-state index contributed by atoms with van der Waals surface area (Å²) in [5.41, 5.74) is 5.79. The van der Waals surface area contributed by atoms with Gasteiger partial charge in [0.2, 0.25) is 0 Å². The van der Waals surface area contributed by atoms with Gasteiger partial charge in [0.1, 0.15) is 6.10 Å². The summed E-state index contributed by atoms with van der Waals surface area (Å²) in [6.07, 6.45) is 3.40. The second kappa shape index (κ2) is 5.97. The van der Waals surface area contributed by atoms with Crippen LogP contribution in [0.15, 0.2) is 0 Å². The molecule has 6 nitrogen and oxygen atoms in total. The van der Waals surface area contributed by atoms with E-state index in [2.05, 4.69) is 10.6 Å². The number of nitrogens with one attached hydrogen (secondary N) is 2. The van der Waals surface area contributed by atoms with Crippen molar-refractivity contribution in [2.75, 3.05) is 13.7 Å². The van der Waals surface area contributed by atoms with Gasteiger partial charge in [0.25, 0.3) is 5.91 Å². The van der Waals surface area contributed by atoms with Crippen molar-refractivity contribution in [1.29, 1.82) is 0 Å². The fourth-order valence-electron chi connectivity index (χ4n) is 1.87. The predicted octanol–water partition coefficient (Wildman–Crippen LogP) is 0.119. The van der Waals surface area contributed by atoms with Gasteiger partial charge >= 0.3 is 6.03 Å². The number of carbonyl (C=O) groups excluding carboxylic acids is 2. The number of hydrogen-bond donors (Lipinski definition) is 3. The van der Waals surface area contributed by atoms with Crippen molar-refractivity contribution in [3.8, 4) is 0 Å². The third-order valence-electron chi connectivity index (χ3n) is 3.05. The molecule has 17 heavy (non-hydrogen) atoms. The largest absolute Gasteiger partial charge is 0.367 e. The van der Waals surface area contributed by atoms with Gasteiger partial charge in [0, 0.05) is 12.6 Å². The van der Waals surface area contributed by atoms with E-state index in [1.54, 1.807) is 6.92 Å². The van der Waals surface area contributed by atoms with Crippen molar-refractivity contribution in [3.63, 3.8) is 0 Å². The van der Waals surface area contributed by atoms with Crippen LogP contribution in [0.1, 0.15) is 32.6 Å². The Morgan fingerprint density at radius 3 is 2.53 bits per heavy atom. The Labute approximate surface area is 101 Å². The molecule has 0 spiro atoms. The summed E-state index contributed by atoms with van der Waals surface area (Å²) in [5.74, 6) is -0.453. The summed E-state index contributed by atoms with van der Waals surface area (Å²) in [7, 11) is 1.45. The summed E-state index contributed by atoms with van der Waals surface area (Å²) in [6.45, 7) is 1.96. The number of nitrogens with two attached hydrogens (primary N) is 1. The maximum Gasteiger partial charge on any atom is 0.321 e. The lowest BCUT2D eigenvalue weighted by molar-refractivity contribution is -0.131. The summed E-state index contributed by atoms with van der Waals surface area (Å²) in [6, 6.07) is -0.534. The average molecular weight is 243 g/mol. The molecule has 0 radical (unpaired) electrons. The van der Waals surface area contributed by atoms with Crippen LogP contribution in [0.5, 0.6) is 0 Å². The standard InChI is InChI=1S/C11H21N3O3/c1-8(9(15)14-10(16)13-2)17-7-11(12)5-3-4-6-11/h8H,3-7,12H2,1-2H3,(H2,13,14,15,16). The average Bonchev–Trinajstić information content (AvgIpc) is 2.73. The molecule has 0 aromatic carbocycles. The highest BCUT2D eigenvalue weighted by Gasteiger charge is 2.31. The van der Waals surface area contributed by atoms with Gasteiger partial charge in [-0.05, 0) is 19.8 Å². The van der Waals surface area contributed by atoms with Gasteiger partial charge in [-0.15, -0.1) is 0 Å². The fourth-order valence-corrected chi connectivity index (χ4v) is 1.87. The summed E-state index contributed by atoms with van der Waals surface area (Å²) in [5, 5.41) is 4.47. The van der Waals surface area contributed by atoms with Gasteiger partial charge in [0.05, 0.1) is 6.61 Å². The van der Waals surface area contributed by atoms with Crippen molar-refractivity contribution in [2.45, 2.75) is 44.2 Å². The molecule has 0 aromatic rings. The SMILES string of the molecule is CNC(=O)NC(=O)C(C)OCC1(N)CCCC1. The number of ether oxygens (including phenoxy) is 1. The number of carbonyl (C=O) groups is 2. The molecule has 6 heteroatoms. The molecule has 0 saturated heterocycles. The van der Waals surface area contributed by atoms with Gasteiger partial charge in [-0.2, -0.15) is 0 Å². The maximum absolute atomic E-state index is 11.5. The first-order valence-electron chi connectivity index (χ1n) is 5.90. The summed E-state index contributed by atoms with van der Waals surface area (Å²) in [4.78, 5) is 22.4. The lowest BCUT2D eigenvalue weighted by atomic mass is 10.0. The van der Waals surface area contributed by atoms with Crippen LogP contribution < -0.4 is 16.4 Å². The van der Waals surface area contributed by atoms with E-state index in [1.807, 2.05) is 0 Å². The molecule has 0 heterocycles. The highest BCUT2D eigenvalue weighted by atomic mass is 16.5. The fraction of sp³-hybridized carbons (Fsp3) is 0.818. The molecular weight excluding hydrogens is 222 g/mol. The molecule has 1 saturated carbocycles. The molecule has 1 atom stereocenters. The third kappa shape index (κ3) is 4.32. The Balaban J connectivity index is 2.31. The summed E-state index contributed by atoms with van der Waals surface area (Å²) >= 11 is 0. The first-order chi connectivity index (χ1) is 7.97. The van der Waals surface area contributed by atoms with Crippen molar-refractivity contribution < 1.29 is 14.3 Å². The van der Waals surface area contributed by atoms with Gasteiger partial charge in [-0.1, -0.05) is 12.8 Å². The lowest BCUT2D eigenvalue weighted by Gasteiger charge is -2.25. The Morgan fingerprint density at radius 2 is 2.00 bits per heavy atom. The number of urea groups is 1. The zero-order valence-electron chi connectivity index (χ0n) is 10.4. The maximum atomic E-state index is 11.5. The molecule has 0 aromatic heterocycles. The number of imide groups is 1. The second-order valence-electron chi connectivity index (χ2n) is 4.59. The monoisotopic (exact) mass is 243 g/mol. The lowest BCUT2D eigenvalue weighted by Crippen LogP contribution is -2.47.